The van der Waals surface area contributed by atoms with E-state index in [4.69, 9.17) is 5.11 Å². The van der Waals surface area contributed by atoms with Gasteiger partial charge < -0.3 is 9.67 Å². The second-order valence-corrected chi connectivity index (χ2v) is 4.63. The molecule has 0 amide bonds. The summed E-state index contributed by atoms with van der Waals surface area (Å²) >= 11 is 0. The van der Waals surface area contributed by atoms with Gasteiger partial charge in [0, 0.05) is 24.0 Å². The number of pyridine rings is 1. The molecule has 0 spiro atoms. The largest absolute Gasteiger partial charge is 0.477 e. The number of aromatic carboxylic acids is 1. The lowest BCUT2D eigenvalue weighted by Gasteiger charge is -2.16. The third-order valence-electron chi connectivity index (χ3n) is 3.23. The second kappa shape index (κ2) is 6.38. The zero-order valence-electron chi connectivity index (χ0n) is 11.3. The molecule has 18 heavy (non-hydrogen) atoms. The fourth-order valence-corrected chi connectivity index (χ4v) is 2.22. The van der Waals surface area contributed by atoms with Crippen LogP contribution in [0.3, 0.4) is 0 Å². The Kier molecular flexibility index (Phi) is 5.13. The van der Waals surface area contributed by atoms with Crippen LogP contribution in [0, 0.1) is 13.8 Å². The van der Waals surface area contributed by atoms with Gasteiger partial charge in [0.05, 0.1) is 0 Å². The number of carbonyl (C=O) groups is 1. The van der Waals surface area contributed by atoms with E-state index in [0.717, 1.165) is 25.1 Å². The minimum atomic E-state index is -1.14. The minimum Gasteiger partial charge on any atom is -0.477 e. The Morgan fingerprint density at radius 1 is 1.28 bits per heavy atom. The fourth-order valence-electron chi connectivity index (χ4n) is 2.22. The normalized spacial score (nSPS) is 10.6. The molecule has 0 fully saturated rings. The quantitative estimate of drug-likeness (QED) is 0.791. The lowest BCUT2D eigenvalue weighted by molar-refractivity contribution is 0.0693. The first-order chi connectivity index (χ1) is 8.49. The molecular weight excluding hydrogens is 230 g/mol. The van der Waals surface area contributed by atoms with Gasteiger partial charge in [0.2, 0.25) is 0 Å². The number of rotatable bonds is 6. The van der Waals surface area contributed by atoms with Crippen LogP contribution in [0.25, 0.3) is 0 Å². The predicted molar refractivity (Wildman–Crippen MR) is 71.3 cm³/mol. The number of carboxylic acids is 1. The van der Waals surface area contributed by atoms with E-state index in [-0.39, 0.29) is 5.56 Å². The summed E-state index contributed by atoms with van der Waals surface area (Å²) in [5, 5.41) is 9.06. The van der Waals surface area contributed by atoms with Crippen molar-refractivity contribution in [2.45, 2.75) is 53.0 Å². The Bertz CT molecular complexity index is 489. The maximum Gasteiger partial charge on any atom is 0.341 e. The molecule has 0 unspecified atom stereocenters. The highest BCUT2D eigenvalue weighted by Gasteiger charge is 2.15. The average molecular weight is 251 g/mol. The summed E-state index contributed by atoms with van der Waals surface area (Å²) in [5.41, 5.74) is 0.890. The second-order valence-electron chi connectivity index (χ2n) is 4.63. The Balaban J connectivity index is 3.01. The first-order valence-electron chi connectivity index (χ1n) is 6.43. The van der Waals surface area contributed by atoms with Crippen molar-refractivity contribution in [1.82, 2.24) is 4.57 Å². The third kappa shape index (κ3) is 3.22. The molecule has 0 atom stereocenters. The van der Waals surface area contributed by atoms with Gasteiger partial charge in [-0.15, -0.1) is 0 Å². The van der Waals surface area contributed by atoms with Crippen molar-refractivity contribution < 1.29 is 9.90 Å². The minimum absolute atomic E-state index is 0.101. The highest BCUT2D eigenvalue weighted by molar-refractivity contribution is 5.88. The van der Waals surface area contributed by atoms with Crippen molar-refractivity contribution in [2.75, 3.05) is 0 Å². The first kappa shape index (κ1) is 14.5. The molecule has 0 aromatic carbocycles. The van der Waals surface area contributed by atoms with Gasteiger partial charge in [-0.2, -0.15) is 0 Å². The van der Waals surface area contributed by atoms with E-state index in [2.05, 4.69) is 6.92 Å². The monoisotopic (exact) mass is 251 g/mol. The van der Waals surface area contributed by atoms with Crippen LogP contribution in [-0.2, 0) is 6.54 Å². The molecule has 1 rings (SSSR count). The van der Waals surface area contributed by atoms with E-state index in [0.29, 0.717) is 5.69 Å². The maximum atomic E-state index is 11.6. The number of aryl methyl sites for hydroxylation is 1. The van der Waals surface area contributed by atoms with Crippen LogP contribution in [0.5, 0.6) is 0 Å². The van der Waals surface area contributed by atoms with Gasteiger partial charge >= 0.3 is 5.97 Å². The summed E-state index contributed by atoms with van der Waals surface area (Å²) < 4.78 is 1.93. The van der Waals surface area contributed by atoms with Crippen molar-refractivity contribution in [1.29, 1.82) is 0 Å². The molecule has 0 saturated heterocycles. The SMILES string of the molecule is CCCCCCn1c(C)cc(=O)c(C(=O)O)c1C. The van der Waals surface area contributed by atoms with E-state index in [1.807, 2.05) is 11.5 Å². The molecule has 0 aliphatic heterocycles. The lowest BCUT2D eigenvalue weighted by atomic mass is 10.1. The van der Waals surface area contributed by atoms with Crippen molar-refractivity contribution in [2.24, 2.45) is 0 Å². The molecule has 1 heterocycles. The van der Waals surface area contributed by atoms with E-state index in [1.54, 1.807) is 6.92 Å². The molecular formula is C14H21NO3. The predicted octanol–water partition coefficient (Wildman–Crippen LogP) is 2.74. The molecule has 0 saturated carbocycles. The molecule has 1 aromatic heterocycles. The van der Waals surface area contributed by atoms with Crippen LogP contribution in [0.2, 0.25) is 0 Å². The Hall–Kier alpha value is -1.58. The third-order valence-corrected chi connectivity index (χ3v) is 3.23. The van der Waals surface area contributed by atoms with Crippen LogP contribution in [0.4, 0.5) is 0 Å². The summed E-state index contributed by atoms with van der Waals surface area (Å²) in [5.74, 6) is -1.14. The van der Waals surface area contributed by atoms with Gasteiger partial charge in [-0.3, -0.25) is 4.79 Å². The highest BCUT2D eigenvalue weighted by Crippen LogP contribution is 2.10. The standard InChI is InChI=1S/C14H21NO3/c1-4-5-6-7-8-15-10(2)9-12(16)13(11(15)3)14(17)18/h9H,4-8H2,1-3H3,(H,17,18). The molecule has 4 heteroatoms. The van der Waals surface area contributed by atoms with Crippen LogP contribution in [0.1, 0.15) is 54.4 Å². The van der Waals surface area contributed by atoms with Gasteiger partial charge in [-0.25, -0.2) is 4.79 Å². The van der Waals surface area contributed by atoms with Crippen LogP contribution in [0.15, 0.2) is 10.9 Å². The van der Waals surface area contributed by atoms with Crippen LogP contribution >= 0.6 is 0 Å². The number of aromatic nitrogens is 1. The molecule has 1 N–H and O–H groups in total. The van der Waals surface area contributed by atoms with E-state index in [9.17, 15) is 9.59 Å². The van der Waals surface area contributed by atoms with Gasteiger partial charge in [0.15, 0.2) is 5.43 Å². The maximum absolute atomic E-state index is 11.6. The number of hydrogen-bond acceptors (Lipinski definition) is 2. The van der Waals surface area contributed by atoms with Gasteiger partial charge in [0.1, 0.15) is 5.56 Å². The first-order valence-corrected chi connectivity index (χ1v) is 6.43. The Morgan fingerprint density at radius 3 is 2.50 bits per heavy atom. The van der Waals surface area contributed by atoms with Crippen LogP contribution < -0.4 is 5.43 Å². The topological polar surface area (TPSA) is 59.3 Å². The number of carboxylic acid groups (broad SMARTS) is 1. The van der Waals surface area contributed by atoms with E-state index >= 15 is 0 Å². The summed E-state index contributed by atoms with van der Waals surface area (Å²) in [4.78, 5) is 22.7. The van der Waals surface area contributed by atoms with Gasteiger partial charge in [0.25, 0.3) is 0 Å². The molecule has 4 nitrogen and oxygen atoms in total. The van der Waals surface area contributed by atoms with Crippen LogP contribution in [-0.4, -0.2) is 15.6 Å². The summed E-state index contributed by atoms with van der Waals surface area (Å²) in [6.45, 7) is 6.48. The molecule has 0 radical (unpaired) electrons. The van der Waals surface area contributed by atoms with Crippen molar-refractivity contribution in [3.8, 4) is 0 Å². The Morgan fingerprint density at radius 2 is 1.94 bits per heavy atom. The zero-order chi connectivity index (χ0) is 13.7. The lowest BCUT2D eigenvalue weighted by Crippen LogP contribution is -2.23. The molecule has 0 bridgehead atoms. The van der Waals surface area contributed by atoms with Crippen molar-refractivity contribution in [3.05, 3.63) is 33.2 Å². The summed E-state index contributed by atoms with van der Waals surface area (Å²) in [6.07, 6.45) is 4.49. The van der Waals surface area contributed by atoms with Crippen molar-refractivity contribution in [3.63, 3.8) is 0 Å². The summed E-state index contributed by atoms with van der Waals surface area (Å²) in [6, 6.07) is 1.41. The van der Waals surface area contributed by atoms with Gasteiger partial charge in [-0.05, 0) is 20.3 Å². The molecule has 1 aromatic rings. The number of unbranched alkanes of at least 4 members (excludes halogenated alkanes) is 3. The van der Waals surface area contributed by atoms with Crippen molar-refractivity contribution >= 4 is 5.97 Å². The zero-order valence-corrected chi connectivity index (χ0v) is 11.3. The van der Waals surface area contributed by atoms with Gasteiger partial charge in [-0.1, -0.05) is 26.2 Å². The van der Waals surface area contributed by atoms with E-state index < -0.39 is 11.4 Å². The van der Waals surface area contributed by atoms with E-state index in [1.165, 1.54) is 18.9 Å². The number of hydrogen-bond donors (Lipinski definition) is 1. The molecule has 0 aliphatic carbocycles. The smallest absolute Gasteiger partial charge is 0.341 e. The molecule has 0 aliphatic rings. The summed E-state index contributed by atoms with van der Waals surface area (Å²) in [7, 11) is 0. The molecule has 100 valence electrons. The average Bonchev–Trinajstić information content (AvgIpc) is 2.26. The fraction of sp³-hybridized carbons (Fsp3) is 0.571. The number of nitrogens with zero attached hydrogens (tertiary/aromatic N) is 1. The highest BCUT2D eigenvalue weighted by atomic mass is 16.4. The Labute approximate surface area is 107 Å².